The molecule has 0 fully saturated rings. The van der Waals surface area contributed by atoms with E-state index in [4.69, 9.17) is 9.47 Å². The number of nitrogens with zero attached hydrogens (tertiary/aromatic N) is 3. The highest BCUT2D eigenvalue weighted by atomic mass is 32.1. The second-order valence-corrected chi connectivity index (χ2v) is 9.98. The summed E-state index contributed by atoms with van der Waals surface area (Å²) in [6, 6.07) is 5.55. The minimum absolute atomic E-state index is 0.0535. The minimum Gasteiger partial charge on any atom is -0.493 e. The first-order valence-corrected chi connectivity index (χ1v) is 12.7. The molecule has 0 saturated carbocycles. The standard InChI is InChI=1S/C24H24N4O4S2/c1-31-17-8-7-14(11-18(17)32-2)16-12-33-24(26-16)27-20(29)9-10-28-13-25-22-21(23(28)30)15-5-3-4-6-19(15)34-22/h7-8,11-13H,3-6,9-10H2,1-2H3,(H,26,27,29). The maximum absolute atomic E-state index is 13.1. The van der Waals surface area contributed by atoms with Crippen molar-refractivity contribution in [3.05, 3.63) is 50.7 Å². The van der Waals surface area contributed by atoms with E-state index in [0.717, 1.165) is 46.3 Å². The molecule has 0 atom stereocenters. The summed E-state index contributed by atoms with van der Waals surface area (Å²) in [4.78, 5) is 36.7. The van der Waals surface area contributed by atoms with Gasteiger partial charge in [-0.2, -0.15) is 0 Å². The van der Waals surface area contributed by atoms with Gasteiger partial charge in [-0.1, -0.05) is 0 Å². The maximum Gasteiger partial charge on any atom is 0.262 e. The van der Waals surface area contributed by atoms with Crippen LogP contribution in [0.2, 0.25) is 0 Å². The molecular weight excluding hydrogens is 472 g/mol. The van der Waals surface area contributed by atoms with Gasteiger partial charge in [0.05, 0.1) is 31.6 Å². The first-order valence-electron chi connectivity index (χ1n) is 11.0. The number of fused-ring (bicyclic) bond motifs is 3. The van der Waals surface area contributed by atoms with Gasteiger partial charge in [0.2, 0.25) is 5.91 Å². The van der Waals surface area contributed by atoms with E-state index >= 15 is 0 Å². The zero-order valence-corrected chi connectivity index (χ0v) is 20.6. The van der Waals surface area contributed by atoms with Crippen molar-refractivity contribution in [2.75, 3.05) is 19.5 Å². The van der Waals surface area contributed by atoms with E-state index in [1.54, 1.807) is 36.5 Å². The van der Waals surface area contributed by atoms with Crippen LogP contribution >= 0.6 is 22.7 Å². The van der Waals surface area contributed by atoms with Crippen molar-refractivity contribution >= 4 is 43.9 Å². The van der Waals surface area contributed by atoms with Crippen LogP contribution in [0.15, 0.2) is 34.7 Å². The predicted molar refractivity (Wildman–Crippen MR) is 134 cm³/mol. The van der Waals surface area contributed by atoms with Crippen LogP contribution in [0.1, 0.15) is 29.7 Å². The van der Waals surface area contributed by atoms with E-state index in [2.05, 4.69) is 15.3 Å². The molecule has 1 aliphatic rings. The molecule has 0 saturated heterocycles. The summed E-state index contributed by atoms with van der Waals surface area (Å²) in [5.41, 5.74) is 2.70. The molecule has 0 unspecified atom stereocenters. The van der Waals surface area contributed by atoms with Crippen molar-refractivity contribution in [2.24, 2.45) is 0 Å². The van der Waals surface area contributed by atoms with Crippen LogP contribution in [0.3, 0.4) is 0 Å². The van der Waals surface area contributed by atoms with Crippen molar-refractivity contribution in [1.82, 2.24) is 14.5 Å². The highest BCUT2D eigenvalue weighted by Gasteiger charge is 2.20. The maximum atomic E-state index is 13.1. The predicted octanol–water partition coefficient (Wildman–Crippen LogP) is 4.51. The van der Waals surface area contributed by atoms with Gasteiger partial charge in [0, 0.05) is 28.8 Å². The van der Waals surface area contributed by atoms with E-state index < -0.39 is 0 Å². The number of amides is 1. The molecule has 4 aromatic rings. The zero-order chi connectivity index (χ0) is 23.7. The molecule has 10 heteroatoms. The fourth-order valence-corrected chi connectivity index (χ4v) is 6.16. The lowest BCUT2D eigenvalue weighted by molar-refractivity contribution is -0.116. The topological polar surface area (TPSA) is 95.3 Å². The summed E-state index contributed by atoms with van der Waals surface area (Å²) < 4.78 is 12.2. The number of methoxy groups -OCH3 is 2. The Morgan fingerprint density at radius 2 is 2.00 bits per heavy atom. The Morgan fingerprint density at radius 3 is 2.82 bits per heavy atom. The number of benzene rings is 1. The number of thiophene rings is 1. The SMILES string of the molecule is COc1ccc(-c2csc(NC(=O)CCn3cnc4sc5c(c4c3=O)CCCC5)n2)cc1OC. The third-order valence-electron chi connectivity index (χ3n) is 5.95. The van der Waals surface area contributed by atoms with E-state index in [1.807, 2.05) is 23.6 Å². The average molecular weight is 497 g/mol. The molecule has 0 aliphatic heterocycles. The number of aromatic nitrogens is 3. The van der Waals surface area contributed by atoms with Gasteiger partial charge < -0.3 is 14.8 Å². The lowest BCUT2D eigenvalue weighted by Crippen LogP contribution is -2.24. The molecule has 0 bridgehead atoms. The fourth-order valence-electron chi connectivity index (χ4n) is 4.20. The van der Waals surface area contributed by atoms with E-state index in [9.17, 15) is 9.59 Å². The number of rotatable bonds is 7. The van der Waals surface area contributed by atoms with Gasteiger partial charge in [-0.3, -0.25) is 14.2 Å². The Kier molecular flexibility index (Phi) is 6.34. The number of thiazole rings is 1. The molecule has 3 aromatic heterocycles. The van der Waals surface area contributed by atoms with Crippen LogP contribution in [0, 0.1) is 0 Å². The number of anilines is 1. The van der Waals surface area contributed by atoms with Crippen LogP contribution in [0.4, 0.5) is 5.13 Å². The zero-order valence-electron chi connectivity index (χ0n) is 18.9. The lowest BCUT2D eigenvalue weighted by atomic mass is 9.97. The number of nitrogens with one attached hydrogen (secondary N) is 1. The van der Waals surface area contributed by atoms with Gasteiger partial charge in [-0.15, -0.1) is 22.7 Å². The third kappa shape index (κ3) is 4.30. The Hall–Kier alpha value is -3.24. The van der Waals surface area contributed by atoms with Crippen molar-refractivity contribution in [2.45, 2.75) is 38.6 Å². The highest BCUT2D eigenvalue weighted by Crippen LogP contribution is 2.34. The summed E-state index contributed by atoms with van der Waals surface area (Å²) in [5, 5.41) is 5.95. The number of hydrogen-bond acceptors (Lipinski definition) is 8. The van der Waals surface area contributed by atoms with Crippen LogP contribution in [-0.2, 0) is 24.2 Å². The molecule has 0 spiro atoms. The Balaban J connectivity index is 1.26. The van der Waals surface area contributed by atoms with Gasteiger partial charge in [0.25, 0.3) is 5.56 Å². The van der Waals surface area contributed by atoms with Crippen LogP contribution in [0.25, 0.3) is 21.5 Å². The second kappa shape index (κ2) is 9.55. The largest absolute Gasteiger partial charge is 0.493 e. The van der Waals surface area contributed by atoms with Crippen molar-refractivity contribution in [3.8, 4) is 22.8 Å². The highest BCUT2D eigenvalue weighted by molar-refractivity contribution is 7.18. The minimum atomic E-state index is -0.201. The molecule has 1 amide bonds. The van der Waals surface area contributed by atoms with Crippen LogP contribution in [-0.4, -0.2) is 34.7 Å². The summed E-state index contributed by atoms with van der Waals surface area (Å²) in [7, 11) is 3.17. The van der Waals surface area contributed by atoms with Crippen LogP contribution < -0.4 is 20.3 Å². The molecule has 0 radical (unpaired) electrons. The summed E-state index contributed by atoms with van der Waals surface area (Å²) in [6.45, 7) is 0.270. The first-order chi connectivity index (χ1) is 16.6. The Bertz CT molecular complexity index is 1420. The number of carbonyl (C=O) groups is 1. The number of ether oxygens (including phenoxy) is 2. The molecule has 3 heterocycles. The number of hydrogen-bond donors (Lipinski definition) is 1. The monoisotopic (exact) mass is 496 g/mol. The van der Waals surface area contributed by atoms with Crippen molar-refractivity contribution in [3.63, 3.8) is 0 Å². The van der Waals surface area contributed by atoms with Gasteiger partial charge >= 0.3 is 0 Å². The van der Waals surface area contributed by atoms with Crippen LogP contribution in [0.5, 0.6) is 11.5 Å². The van der Waals surface area contributed by atoms with Crippen molar-refractivity contribution in [1.29, 1.82) is 0 Å². The molecule has 8 nitrogen and oxygen atoms in total. The fraction of sp³-hybridized carbons (Fsp3) is 0.333. The summed E-state index contributed by atoms with van der Waals surface area (Å²) in [6.07, 6.45) is 5.94. The molecule has 1 aliphatic carbocycles. The number of aryl methyl sites for hydroxylation is 3. The van der Waals surface area contributed by atoms with Gasteiger partial charge in [0.15, 0.2) is 16.6 Å². The molecule has 1 N–H and O–H groups in total. The lowest BCUT2D eigenvalue weighted by Gasteiger charge is -2.10. The molecule has 1 aromatic carbocycles. The normalized spacial score (nSPS) is 13.0. The first kappa shape index (κ1) is 22.5. The summed E-state index contributed by atoms with van der Waals surface area (Å²) in [5.74, 6) is 1.05. The Labute approximate surface area is 204 Å². The van der Waals surface area contributed by atoms with Crippen molar-refractivity contribution < 1.29 is 14.3 Å². The smallest absolute Gasteiger partial charge is 0.262 e. The van der Waals surface area contributed by atoms with Gasteiger partial charge in [-0.25, -0.2) is 9.97 Å². The van der Waals surface area contributed by atoms with E-state index in [1.165, 1.54) is 22.6 Å². The molecule has 176 valence electrons. The molecule has 34 heavy (non-hydrogen) atoms. The van der Waals surface area contributed by atoms with Gasteiger partial charge in [0.1, 0.15) is 4.83 Å². The van der Waals surface area contributed by atoms with E-state index in [0.29, 0.717) is 16.6 Å². The average Bonchev–Trinajstić information content (AvgIpc) is 3.48. The number of carbonyl (C=O) groups excluding carboxylic acids is 1. The third-order valence-corrected chi connectivity index (χ3v) is 7.91. The molecular formula is C24H24N4O4S2. The van der Waals surface area contributed by atoms with E-state index in [-0.39, 0.29) is 24.4 Å². The quantitative estimate of drug-likeness (QED) is 0.405. The second-order valence-electron chi connectivity index (χ2n) is 8.04. The van der Waals surface area contributed by atoms with Gasteiger partial charge in [-0.05, 0) is 49.4 Å². The Morgan fingerprint density at radius 1 is 1.18 bits per heavy atom. The molecule has 5 rings (SSSR count). The summed E-state index contributed by atoms with van der Waals surface area (Å²) >= 11 is 2.97.